The number of benzene rings is 1. The molecule has 3 nitrogen and oxygen atoms in total. The first kappa shape index (κ1) is 13.0. The average Bonchev–Trinajstić information content (AvgIpc) is 2.47. The van der Waals surface area contributed by atoms with Crippen molar-refractivity contribution < 1.29 is 4.74 Å². The first-order valence-corrected chi connectivity index (χ1v) is 6.25. The third-order valence-electron chi connectivity index (χ3n) is 2.42. The summed E-state index contributed by atoms with van der Waals surface area (Å²) in [5, 5.41) is 3.19. The van der Waals surface area contributed by atoms with E-state index in [1.165, 1.54) is 0 Å². The Balaban J connectivity index is 1.84. The van der Waals surface area contributed by atoms with Gasteiger partial charge >= 0.3 is 0 Å². The van der Waals surface area contributed by atoms with Crippen molar-refractivity contribution in [1.82, 2.24) is 4.98 Å². The van der Waals surface area contributed by atoms with Gasteiger partial charge in [-0.1, -0.05) is 30.0 Å². The smallest absolute Gasteiger partial charge is 0.213 e. The van der Waals surface area contributed by atoms with Crippen molar-refractivity contribution in [2.45, 2.75) is 6.92 Å². The maximum Gasteiger partial charge on any atom is 0.213 e. The molecule has 96 valence electrons. The van der Waals surface area contributed by atoms with Gasteiger partial charge in [0.25, 0.3) is 0 Å². The van der Waals surface area contributed by atoms with Crippen molar-refractivity contribution in [2.24, 2.45) is 0 Å². The van der Waals surface area contributed by atoms with Crippen LogP contribution in [0.1, 0.15) is 12.5 Å². The summed E-state index contributed by atoms with van der Waals surface area (Å²) in [7, 11) is 0. The lowest BCUT2D eigenvalue weighted by molar-refractivity contribution is 0.327. The molecule has 0 saturated heterocycles. The third kappa shape index (κ3) is 4.36. The Kier molecular flexibility index (Phi) is 4.83. The van der Waals surface area contributed by atoms with E-state index in [-0.39, 0.29) is 0 Å². The first-order valence-electron chi connectivity index (χ1n) is 6.25. The van der Waals surface area contributed by atoms with E-state index in [0.717, 1.165) is 11.3 Å². The minimum Gasteiger partial charge on any atom is -0.478 e. The van der Waals surface area contributed by atoms with E-state index in [4.69, 9.17) is 4.74 Å². The molecule has 1 heterocycles. The number of hydrogen-bond donors (Lipinski definition) is 1. The molecule has 1 aromatic heterocycles. The molecule has 0 spiro atoms. The van der Waals surface area contributed by atoms with Gasteiger partial charge in [0, 0.05) is 11.6 Å². The first-order chi connectivity index (χ1) is 9.38. The SMILES string of the molecule is CCOc1ccc(NCC#Cc2ccccc2)cn1. The molecule has 0 radical (unpaired) electrons. The molecular formula is C16H16N2O. The van der Waals surface area contributed by atoms with Gasteiger partial charge in [0.1, 0.15) is 0 Å². The van der Waals surface area contributed by atoms with E-state index in [0.29, 0.717) is 19.0 Å². The lowest BCUT2D eigenvalue weighted by Crippen LogP contribution is -2.00. The summed E-state index contributed by atoms with van der Waals surface area (Å²) in [4.78, 5) is 4.17. The number of hydrogen-bond acceptors (Lipinski definition) is 3. The predicted molar refractivity (Wildman–Crippen MR) is 77.2 cm³/mol. The zero-order valence-electron chi connectivity index (χ0n) is 10.9. The number of rotatable bonds is 4. The van der Waals surface area contributed by atoms with Crippen molar-refractivity contribution in [1.29, 1.82) is 0 Å². The Morgan fingerprint density at radius 2 is 2.00 bits per heavy atom. The van der Waals surface area contributed by atoms with E-state index >= 15 is 0 Å². The van der Waals surface area contributed by atoms with Crippen LogP contribution in [0.2, 0.25) is 0 Å². The van der Waals surface area contributed by atoms with Gasteiger partial charge in [-0.15, -0.1) is 0 Å². The molecule has 3 heteroatoms. The van der Waals surface area contributed by atoms with Crippen LogP contribution in [0.5, 0.6) is 5.88 Å². The van der Waals surface area contributed by atoms with Crippen LogP contribution >= 0.6 is 0 Å². The van der Waals surface area contributed by atoms with Crippen molar-refractivity contribution in [3.05, 3.63) is 54.2 Å². The highest BCUT2D eigenvalue weighted by molar-refractivity contribution is 5.44. The number of pyridine rings is 1. The van der Waals surface area contributed by atoms with Gasteiger partial charge in [0.15, 0.2) is 0 Å². The molecular weight excluding hydrogens is 236 g/mol. The van der Waals surface area contributed by atoms with Crippen molar-refractivity contribution in [3.8, 4) is 17.7 Å². The monoisotopic (exact) mass is 252 g/mol. The van der Waals surface area contributed by atoms with Crippen LogP contribution in [0.25, 0.3) is 0 Å². The molecule has 1 N–H and O–H groups in total. The summed E-state index contributed by atoms with van der Waals surface area (Å²) < 4.78 is 5.28. The molecule has 1 aromatic carbocycles. The largest absolute Gasteiger partial charge is 0.478 e. The standard InChI is InChI=1S/C16H16N2O/c1-2-19-16-11-10-15(13-18-16)17-12-6-9-14-7-4-3-5-8-14/h3-5,7-8,10-11,13,17H,2,12H2,1H3. The molecule has 0 fully saturated rings. The second-order valence-electron chi connectivity index (χ2n) is 3.84. The summed E-state index contributed by atoms with van der Waals surface area (Å²) in [6, 6.07) is 13.7. The maximum absolute atomic E-state index is 5.28. The van der Waals surface area contributed by atoms with Crippen LogP contribution in [-0.4, -0.2) is 18.1 Å². The number of anilines is 1. The number of nitrogens with one attached hydrogen (secondary N) is 1. The quantitative estimate of drug-likeness (QED) is 0.849. The van der Waals surface area contributed by atoms with Gasteiger partial charge < -0.3 is 10.1 Å². The molecule has 0 unspecified atom stereocenters. The van der Waals surface area contributed by atoms with Crippen molar-refractivity contribution in [3.63, 3.8) is 0 Å². The Morgan fingerprint density at radius 1 is 1.16 bits per heavy atom. The predicted octanol–water partition coefficient (Wildman–Crippen LogP) is 2.94. The Morgan fingerprint density at radius 3 is 2.68 bits per heavy atom. The minimum atomic E-state index is 0.588. The summed E-state index contributed by atoms with van der Waals surface area (Å²) in [5.74, 6) is 6.80. The molecule has 0 atom stereocenters. The summed E-state index contributed by atoms with van der Waals surface area (Å²) >= 11 is 0. The Bertz CT molecular complexity index is 553. The van der Waals surface area contributed by atoms with Crippen LogP contribution in [-0.2, 0) is 0 Å². The van der Waals surface area contributed by atoms with Gasteiger partial charge in [0.05, 0.1) is 25.0 Å². The van der Waals surface area contributed by atoms with Gasteiger partial charge in [-0.05, 0) is 25.1 Å². The Hall–Kier alpha value is -2.47. The molecule has 0 bridgehead atoms. The van der Waals surface area contributed by atoms with Crippen LogP contribution in [0, 0.1) is 11.8 Å². The normalized spacial score (nSPS) is 9.32. The second-order valence-corrected chi connectivity index (χ2v) is 3.84. The van der Waals surface area contributed by atoms with E-state index in [1.54, 1.807) is 6.20 Å². The topological polar surface area (TPSA) is 34.1 Å². The number of nitrogens with zero attached hydrogens (tertiary/aromatic N) is 1. The maximum atomic E-state index is 5.28. The van der Waals surface area contributed by atoms with Gasteiger partial charge in [0.2, 0.25) is 5.88 Å². The zero-order chi connectivity index (χ0) is 13.3. The molecule has 19 heavy (non-hydrogen) atoms. The zero-order valence-corrected chi connectivity index (χ0v) is 10.9. The number of aromatic nitrogens is 1. The fraction of sp³-hybridized carbons (Fsp3) is 0.188. The van der Waals surface area contributed by atoms with E-state index in [1.807, 2.05) is 49.4 Å². The van der Waals surface area contributed by atoms with Crippen LogP contribution < -0.4 is 10.1 Å². The second kappa shape index (κ2) is 7.07. The summed E-state index contributed by atoms with van der Waals surface area (Å²) in [5.41, 5.74) is 1.96. The molecule has 0 amide bonds. The fourth-order valence-corrected chi connectivity index (χ4v) is 1.53. The minimum absolute atomic E-state index is 0.588. The molecule has 0 aliphatic rings. The summed E-state index contributed by atoms with van der Waals surface area (Å²) in [6.07, 6.45) is 1.75. The molecule has 0 aliphatic heterocycles. The molecule has 2 rings (SSSR count). The lowest BCUT2D eigenvalue weighted by Gasteiger charge is -2.04. The number of ether oxygens (including phenoxy) is 1. The van der Waals surface area contributed by atoms with E-state index in [2.05, 4.69) is 22.1 Å². The van der Waals surface area contributed by atoms with Crippen molar-refractivity contribution in [2.75, 3.05) is 18.5 Å². The van der Waals surface area contributed by atoms with Gasteiger partial charge in [-0.3, -0.25) is 0 Å². The highest BCUT2D eigenvalue weighted by atomic mass is 16.5. The van der Waals surface area contributed by atoms with Crippen molar-refractivity contribution >= 4 is 5.69 Å². The highest BCUT2D eigenvalue weighted by Gasteiger charge is 1.94. The fourth-order valence-electron chi connectivity index (χ4n) is 1.53. The van der Waals surface area contributed by atoms with E-state index < -0.39 is 0 Å². The molecule has 0 saturated carbocycles. The van der Waals surface area contributed by atoms with Gasteiger partial charge in [-0.25, -0.2) is 4.98 Å². The van der Waals surface area contributed by atoms with Crippen LogP contribution in [0.3, 0.4) is 0 Å². The summed E-state index contributed by atoms with van der Waals surface area (Å²) in [6.45, 7) is 3.15. The molecule has 0 aliphatic carbocycles. The Labute approximate surface area is 113 Å². The van der Waals surface area contributed by atoms with E-state index in [9.17, 15) is 0 Å². The average molecular weight is 252 g/mol. The lowest BCUT2D eigenvalue weighted by atomic mass is 10.2. The van der Waals surface area contributed by atoms with Crippen LogP contribution in [0.15, 0.2) is 48.7 Å². The third-order valence-corrected chi connectivity index (χ3v) is 2.42. The molecule has 2 aromatic rings. The highest BCUT2D eigenvalue weighted by Crippen LogP contribution is 2.10. The van der Waals surface area contributed by atoms with Crippen LogP contribution in [0.4, 0.5) is 5.69 Å². The van der Waals surface area contributed by atoms with Gasteiger partial charge in [-0.2, -0.15) is 0 Å².